The van der Waals surface area contributed by atoms with E-state index in [1.807, 2.05) is 4.90 Å². The number of fused-ring (bicyclic) bond motifs is 2. The third-order valence-corrected chi connectivity index (χ3v) is 5.67. The molecule has 0 saturated carbocycles. The van der Waals surface area contributed by atoms with E-state index in [0.717, 1.165) is 32.2 Å². The standard InChI is InChI=1S/C23H25FN2O3/c24-20-7-2-1-5-16(20)8-11-22(27)25-17-9-10-21-19(15-17)23(28)26-13-4-3-6-18(26)12-14-29-21/h1-2,5,7,9-10,15,18H,3-4,6,8,11-14H2,(H,25,27). The number of piperidine rings is 1. The lowest BCUT2D eigenvalue weighted by molar-refractivity contribution is -0.116. The smallest absolute Gasteiger partial charge is 0.257 e. The number of rotatable bonds is 4. The highest BCUT2D eigenvalue weighted by Gasteiger charge is 2.31. The Morgan fingerprint density at radius 1 is 1.17 bits per heavy atom. The fourth-order valence-electron chi connectivity index (χ4n) is 4.10. The molecule has 29 heavy (non-hydrogen) atoms. The number of anilines is 1. The van der Waals surface area contributed by atoms with Crippen molar-refractivity contribution < 1.29 is 18.7 Å². The zero-order chi connectivity index (χ0) is 20.2. The summed E-state index contributed by atoms with van der Waals surface area (Å²) in [6, 6.07) is 11.8. The minimum Gasteiger partial charge on any atom is -0.493 e. The van der Waals surface area contributed by atoms with E-state index in [2.05, 4.69) is 5.32 Å². The molecule has 2 aliphatic heterocycles. The number of hydrogen-bond acceptors (Lipinski definition) is 3. The summed E-state index contributed by atoms with van der Waals surface area (Å²) in [5.41, 5.74) is 1.55. The molecule has 152 valence electrons. The average molecular weight is 396 g/mol. The predicted octanol–water partition coefficient (Wildman–Crippen LogP) is 4.17. The van der Waals surface area contributed by atoms with Crippen LogP contribution in [0.4, 0.5) is 10.1 Å². The van der Waals surface area contributed by atoms with Gasteiger partial charge in [-0.2, -0.15) is 0 Å². The summed E-state index contributed by atoms with van der Waals surface area (Å²) in [5.74, 6) is -0.00118. The quantitative estimate of drug-likeness (QED) is 0.844. The molecule has 2 amide bonds. The topological polar surface area (TPSA) is 58.6 Å². The van der Waals surface area contributed by atoms with Crippen LogP contribution in [0.15, 0.2) is 42.5 Å². The Morgan fingerprint density at radius 3 is 2.90 bits per heavy atom. The van der Waals surface area contributed by atoms with Crippen LogP contribution in [0.2, 0.25) is 0 Å². The molecule has 1 saturated heterocycles. The van der Waals surface area contributed by atoms with Crippen LogP contribution in [0.3, 0.4) is 0 Å². The third-order valence-electron chi connectivity index (χ3n) is 5.67. The largest absolute Gasteiger partial charge is 0.493 e. The molecule has 1 fully saturated rings. The van der Waals surface area contributed by atoms with Gasteiger partial charge in [0, 0.05) is 31.1 Å². The van der Waals surface area contributed by atoms with Crippen molar-refractivity contribution in [3.8, 4) is 5.75 Å². The van der Waals surface area contributed by atoms with Crippen molar-refractivity contribution in [2.24, 2.45) is 0 Å². The lowest BCUT2D eigenvalue weighted by atomic mass is 9.97. The molecule has 0 radical (unpaired) electrons. The Hall–Kier alpha value is -2.89. The first-order chi connectivity index (χ1) is 14.1. The van der Waals surface area contributed by atoms with Crippen LogP contribution in [-0.4, -0.2) is 35.9 Å². The van der Waals surface area contributed by atoms with Crippen LogP contribution < -0.4 is 10.1 Å². The first kappa shape index (κ1) is 19.4. The van der Waals surface area contributed by atoms with Gasteiger partial charge in [0.05, 0.1) is 12.2 Å². The summed E-state index contributed by atoms with van der Waals surface area (Å²) in [5, 5.41) is 2.82. The van der Waals surface area contributed by atoms with Crippen LogP contribution in [0.25, 0.3) is 0 Å². The van der Waals surface area contributed by atoms with Crippen LogP contribution in [0.1, 0.15) is 48.0 Å². The molecule has 1 N–H and O–H groups in total. The zero-order valence-corrected chi connectivity index (χ0v) is 16.3. The Kier molecular flexibility index (Phi) is 5.79. The predicted molar refractivity (Wildman–Crippen MR) is 109 cm³/mol. The second-order valence-corrected chi connectivity index (χ2v) is 7.64. The summed E-state index contributed by atoms with van der Waals surface area (Å²) in [4.78, 5) is 27.4. The highest BCUT2D eigenvalue weighted by Crippen LogP contribution is 2.31. The van der Waals surface area contributed by atoms with Gasteiger partial charge in [0.1, 0.15) is 11.6 Å². The monoisotopic (exact) mass is 396 g/mol. The SMILES string of the molecule is O=C(CCc1ccccc1F)Nc1ccc2c(c1)C(=O)N1CCCCC1CCO2. The van der Waals surface area contributed by atoms with E-state index < -0.39 is 0 Å². The molecule has 2 aromatic rings. The number of nitrogens with zero attached hydrogens (tertiary/aromatic N) is 1. The number of benzene rings is 2. The summed E-state index contributed by atoms with van der Waals surface area (Å²) in [6.45, 7) is 1.35. The number of aryl methyl sites for hydroxylation is 1. The maximum absolute atomic E-state index is 13.7. The molecular formula is C23H25FN2O3. The second-order valence-electron chi connectivity index (χ2n) is 7.64. The number of halogens is 1. The number of amides is 2. The van der Waals surface area contributed by atoms with Gasteiger partial charge in [-0.25, -0.2) is 4.39 Å². The maximum atomic E-state index is 13.7. The van der Waals surface area contributed by atoms with Crippen molar-refractivity contribution in [3.05, 3.63) is 59.4 Å². The van der Waals surface area contributed by atoms with Crippen LogP contribution in [0.5, 0.6) is 5.75 Å². The summed E-state index contributed by atoms with van der Waals surface area (Å²) < 4.78 is 19.5. The Bertz CT molecular complexity index is 915. The molecule has 6 heteroatoms. The van der Waals surface area contributed by atoms with Crippen molar-refractivity contribution in [2.75, 3.05) is 18.5 Å². The number of carbonyl (C=O) groups is 2. The van der Waals surface area contributed by atoms with Gasteiger partial charge in [-0.1, -0.05) is 18.2 Å². The fraction of sp³-hybridized carbons (Fsp3) is 0.391. The molecule has 0 bridgehead atoms. The van der Waals surface area contributed by atoms with E-state index in [9.17, 15) is 14.0 Å². The molecule has 0 aliphatic carbocycles. The van der Waals surface area contributed by atoms with E-state index >= 15 is 0 Å². The normalized spacial score (nSPS) is 18.7. The molecule has 4 rings (SSSR count). The van der Waals surface area contributed by atoms with Gasteiger partial charge in [-0.3, -0.25) is 9.59 Å². The van der Waals surface area contributed by atoms with Crippen molar-refractivity contribution >= 4 is 17.5 Å². The highest BCUT2D eigenvalue weighted by molar-refractivity contribution is 5.99. The molecule has 0 aromatic heterocycles. The summed E-state index contributed by atoms with van der Waals surface area (Å²) in [6.07, 6.45) is 4.50. The number of hydrogen-bond donors (Lipinski definition) is 1. The molecule has 2 heterocycles. The van der Waals surface area contributed by atoms with Crippen molar-refractivity contribution in [1.82, 2.24) is 4.90 Å². The van der Waals surface area contributed by atoms with Gasteiger partial charge < -0.3 is 15.0 Å². The van der Waals surface area contributed by atoms with Gasteiger partial charge in [0.2, 0.25) is 5.91 Å². The molecular weight excluding hydrogens is 371 g/mol. The Morgan fingerprint density at radius 2 is 2.03 bits per heavy atom. The summed E-state index contributed by atoms with van der Waals surface area (Å²) >= 11 is 0. The Labute approximate surface area is 169 Å². The Balaban J connectivity index is 1.46. The van der Waals surface area contributed by atoms with Gasteiger partial charge in [0.25, 0.3) is 5.91 Å². The first-order valence-corrected chi connectivity index (χ1v) is 10.2. The first-order valence-electron chi connectivity index (χ1n) is 10.2. The molecule has 1 unspecified atom stereocenters. The van der Waals surface area contributed by atoms with E-state index in [1.54, 1.807) is 36.4 Å². The van der Waals surface area contributed by atoms with Crippen LogP contribution >= 0.6 is 0 Å². The van der Waals surface area contributed by atoms with Gasteiger partial charge in [0.15, 0.2) is 0 Å². The number of carbonyl (C=O) groups excluding carboxylic acids is 2. The van der Waals surface area contributed by atoms with Crippen molar-refractivity contribution in [3.63, 3.8) is 0 Å². The van der Waals surface area contributed by atoms with Crippen molar-refractivity contribution in [1.29, 1.82) is 0 Å². The van der Waals surface area contributed by atoms with E-state index in [1.165, 1.54) is 6.07 Å². The van der Waals surface area contributed by atoms with E-state index in [0.29, 0.717) is 35.6 Å². The maximum Gasteiger partial charge on any atom is 0.257 e. The molecule has 0 spiro atoms. The zero-order valence-electron chi connectivity index (χ0n) is 16.3. The minimum absolute atomic E-state index is 0.0353. The minimum atomic E-state index is -0.305. The van der Waals surface area contributed by atoms with Crippen LogP contribution in [-0.2, 0) is 11.2 Å². The lowest BCUT2D eigenvalue weighted by Gasteiger charge is -2.37. The van der Waals surface area contributed by atoms with Gasteiger partial charge >= 0.3 is 0 Å². The molecule has 2 aliphatic rings. The third kappa shape index (κ3) is 4.42. The summed E-state index contributed by atoms with van der Waals surface area (Å²) in [7, 11) is 0. The van der Waals surface area contributed by atoms with Crippen molar-refractivity contribution in [2.45, 2.75) is 44.6 Å². The average Bonchev–Trinajstić information content (AvgIpc) is 2.73. The highest BCUT2D eigenvalue weighted by atomic mass is 19.1. The fourth-order valence-corrected chi connectivity index (χ4v) is 4.10. The number of nitrogens with one attached hydrogen (secondary N) is 1. The van der Waals surface area contributed by atoms with Gasteiger partial charge in [-0.15, -0.1) is 0 Å². The number of ether oxygens (including phenoxy) is 1. The molecule has 1 atom stereocenters. The molecule has 5 nitrogen and oxygen atoms in total. The van der Waals surface area contributed by atoms with Gasteiger partial charge in [-0.05, 0) is 55.5 Å². The van der Waals surface area contributed by atoms with E-state index in [-0.39, 0.29) is 30.1 Å². The second kappa shape index (κ2) is 8.64. The van der Waals surface area contributed by atoms with Crippen LogP contribution in [0, 0.1) is 5.82 Å². The van der Waals surface area contributed by atoms with E-state index in [4.69, 9.17) is 4.74 Å². The lowest BCUT2D eigenvalue weighted by Crippen LogP contribution is -2.45. The molecule has 2 aromatic carbocycles.